The topological polar surface area (TPSA) is 83.6 Å². The molecule has 0 unspecified atom stereocenters. The number of anilines is 2. The quantitative estimate of drug-likeness (QED) is 0.436. The molecule has 1 aliphatic heterocycles. The SMILES string of the molecule is Cl.O=C(Nc1ccc(Cl)cc1)O[C@@H](C(=O)NCC1CCN(c2ccncc2)CC1)c1ccccc1. The fraction of sp³-hybridized carbons (Fsp3) is 0.269. The molecule has 1 saturated heterocycles. The number of aromatic nitrogens is 1. The zero-order valence-corrected chi connectivity index (χ0v) is 20.7. The smallest absolute Gasteiger partial charge is 0.412 e. The number of hydrogen-bond donors (Lipinski definition) is 2. The van der Waals surface area contributed by atoms with Crippen molar-refractivity contribution in [3.63, 3.8) is 0 Å². The number of ether oxygens (including phenoxy) is 1. The van der Waals surface area contributed by atoms with E-state index in [0.717, 1.165) is 25.9 Å². The van der Waals surface area contributed by atoms with E-state index in [0.29, 0.717) is 28.7 Å². The van der Waals surface area contributed by atoms with Crippen molar-refractivity contribution in [1.29, 1.82) is 0 Å². The number of rotatable bonds is 7. The fourth-order valence-electron chi connectivity index (χ4n) is 3.98. The highest BCUT2D eigenvalue weighted by molar-refractivity contribution is 6.30. The number of piperidine rings is 1. The molecule has 1 fully saturated rings. The van der Waals surface area contributed by atoms with Crippen LogP contribution in [0.1, 0.15) is 24.5 Å². The third-order valence-corrected chi connectivity index (χ3v) is 6.12. The van der Waals surface area contributed by atoms with E-state index in [9.17, 15) is 9.59 Å². The molecule has 184 valence electrons. The Morgan fingerprint density at radius 2 is 1.66 bits per heavy atom. The van der Waals surface area contributed by atoms with Crippen molar-refractivity contribution in [3.05, 3.63) is 89.7 Å². The summed E-state index contributed by atoms with van der Waals surface area (Å²) in [6.45, 7) is 2.38. The molecule has 1 aliphatic rings. The summed E-state index contributed by atoms with van der Waals surface area (Å²) in [5, 5.41) is 6.19. The molecule has 3 aromatic rings. The second-order valence-electron chi connectivity index (χ2n) is 8.21. The fourth-order valence-corrected chi connectivity index (χ4v) is 4.10. The van der Waals surface area contributed by atoms with Gasteiger partial charge in [0, 0.05) is 54.0 Å². The third-order valence-electron chi connectivity index (χ3n) is 5.86. The van der Waals surface area contributed by atoms with Crippen molar-refractivity contribution in [2.75, 3.05) is 29.9 Å². The van der Waals surface area contributed by atoms with E-state index in [2.05, 4.69) is 20.5 Å². The molecule has 2 heterocycles. The molecule has 2 N–H and O–H groups in total. The molecule has 0 spiro atoms. The van der Waals surface area contributed by atoms with Crippen LogP contribution in [0.5, 0.6) is 0 Å². The highest BCUT2D eigenvalue weighted by atomic mass is 35.5. The molecule has 4 rings (SSSR count). The van der Waals surface area contributed by atoms with Gasteiger partial charge in [-0.25, -0.2) is 4.79 Å². The summed E-state index contributed by atoms with van der Waals surface area (Å²) in [6.07, 6.45) is 3.78. The summed E-state index contributed by atoms with van der Waals surface area (Å²) in [4.78, 5) is 32.0. The first-order valence-corrected chi connectivity index (χ1v) is 11.7. The lowest BCUT2D eigenvalue weighted by molar-refractivity contribution is -0.129. The van der Waals surface area contributed by atoms with E-state index in [1.807, 2.05) is 30.3 Å². The van der Waals surface area contributed by atoms with Gasteiger partial charge < -0.3 is 15.0 Å². The van der Waals surface area contributed by atoms with Crippen LogP contribution in [-0.2, 0) is 9.53 Å². The Morgan fingerprint density at radius 1 is 1.00 bits per heavy atom. The summed E-state index contributed by atoms with van der Waals surface area (Å²) >= 11 is 5.89. The van der Waals surface area contributed by atoms with Crippen LogP contribution in [0, 0.1) is 5.92 Å². The van der Waals surface area contributed by atoms with E-state index in [4.69, 9.17) is 16.3 Å². The van der Waals surface area contributed by atoms with E-state index in [1.54, 1.807) is 48.8 Å². The molecule has 1 atom stereocenters. The lowest BCUT2D eigenvalue weighted by atomic mass is 9.96. The van der Waals surface area contributed by atoms with Crippen LogP contribution in [0.2, 0.25) is 5.02 Å². The standard InChI is InChI=1S/C26H27ClN4O3.ClH/c27-21-6-8-22(9-7-21)30-26(33)34-24(20-4-2-1-3-5-20)25(32)29-18-19-12-16-31(17-13-19)23-10-14-28-15-11-23;/h1-11,14-15,19,24H,12-13,16-18H2,(H,29,32)(H,30,33);1H/t24-;/m1./s1. The largest absolute Gasteiger partial charge is 0.431 e. The molecule has 0 aliphatic carbocycles. The van der Waals surface area contributed by atoms with Crippen LogP contribution in [-0.4, -0.2) is 36.6 Å². The van der Waals surface area contributed by atoms with Gasteiger partial charge in [-0.05, 0) is 55.2 Å². The van der Waals surface area contributed by atoms with Crippen molar-refractivity contribution in [2.45, 2.75) is 18.9 Å². The van der Waals surface area contributed by atoms with Crippen LogP contribution >= 0.6 is 24.0 Å². The van der Waals surface area contributed by atoms with Gasteiger partial charge in [0.15, 0.2) is 0 Å². The Balaban J connectivity index is 0.00000342. The van der Waals surface area contributed by atoms with Crippen molar-refractivity contribution < 1.29 is 14.3 Å². The Bertz CT molecular complexity index is 1080. The number of nitrogens with one attached hydrogen (secondary N) is 2. The third kappa shape index (κ3) is 7.60. The summed E-state index contributed by atoms with van der Waals surface area (Å²) in [6, 6.07) is 19.7. The van der Waals surface area contributed by atoms with Gasteiger partial charge in [0.25, 0.3) is 5.91 Å². The van der Waals surface area contributed by atoms with Crippen molar-refractivity contribution in [2.24, 2.45) is 5.92 Å². The maximum Gasteiger partial charge on any atom is 0.412 e. The predicted molar refractivity (Wildman–Crippen MR) is 140 cm³/mol. The van der Waals surface area contributed by atoms with E-state index in [-0.39, 0.29) is 18.3 Å². The molecular weight excluding hydrogens is 487 g/mol. The van der Waals surface area contributed by atoms with Gasteiger partial charge >= 0.3 is 6.09 Å². The minimum absolute atomic E-state index is 0. The van der Waals surface area contributed by atoms with E-state index in [1.165, 1.54) is 5.69 Å². The Hall–Kier alpha value is -3.29. The molecule has 2 amide bonds. The highest BCUT2D eigenvalue weighted by Crippen LogP contribution is 2.23. The average Bonchev–Trinajstić information content (AvgIpc) is 2.88. The number of carbonyl (C=O) groups excluding carboxylic acids is 2. The van der Waals surface area contributed by atoms with Gasteiger partial charge in [-0.1, -0.05) is 41.9 Å². The van der Waals surface area contributed by atoms with Crippen LogP contribution < -0.4 is 15.5 Å². The normalized spacial score (nSPS) is 14.4. The zero-order valence-electron chi connectivity index (χ0n) is 19.1. The van der Waals surface area contributed by atoms with E-state index < -0.39 is 12.2 Å². The molecule has 1 aromatic heterocycles. The lowest BCUT2D eigenvalue weighted by Gasteiger charge is -2.33. The molecule has 0 bridgehead atoms. The monoisotopic (exact) mass is 514 g/mol. The van der Waals surface area contributed by atoms with Crippen molar-refractivity contribution >= 4 is 47.4 Å². The maximum absolute atomic E-state index is 13.1. The predicted octanol–water partition coefficient (Wildman–Crippen LogP) is 5.48. The van der Waals surface area contributed by atoms with Crippen LogP contribution in [0.4, 0.5) is 16.2 Å². The number of carbonyl (C=O) groups is 2. The summed E-state index contributed by atoms with van der Waals surface area (Å²) < 4.78 is 5.54. The number of benzene rings is 2. The minimum Gasteiger partial charge on any atom is -0.431 e. The number of amides is 2. The molecule has 35 heavy (non-hydrogen) atoms. The average molecular weight is 515 g/mol. The van der Waals surface area contributed by atoms with Crippen LogP contribution in [0.15, 0.2) is 79.1 Å². The molecular formula is C26H28Cl2N4O3. The second kappa shape index (κ2) is 13.0. The van der Waals surface area contributed by atoms with Gasteiger partial charge in [-0.2, -0.15) is 0 Å². The molecule has 0 radical (unpaired) electrons. The van der Waals surface area contributed by atoms with Gasteiger partial charge in [0.2, 0.25) is 6.10 Å². The summed E-state index contributed by atoms with van der Waals surface area (Å²) in [7, 11) is 0. The summed E-state index contributed by atoms with van der Waals surface area (Å²) in [5.41, 5.74) is 2.31. The Kier molecular flexibility index (Phi) is 9.76. The minimum atomic E-state index is -1.05. The van der Waals surface area contributed by atoms with Gasteiger partial charge in [-0.3, -0.25) is 15.1 Å². The highest BCUT2D eigenvalue weighted by Gasteiger charge is 2.27. The van der Waals surface area contributed by atoms with Crippen LogP contribution in [0.25, 0.3) is 0 Å². The van der Waals surface area contributed by atoms with Gasteiger partial charge in [-0.15, -0.1) is 12.4 Å². The van der Waals surface area contributed by atoms with E-state index >= 15 is 0 Å². The lowest BCUT2D eigenvalue weighted by Crippen LogP contribution is -2.40. The Labute approximate surface area is 216 Å². The first-order valence-electron chi connectivity index (χ1n) is 11.3. The maximum atomic E-state index is 13.1. The number of nitrogens with zero attached hydrogens (tertiary/aromatic N) is 2. The molecule has 9 heteroatoms. The molecule has 2 aromatic carbocycles. The summed E-state index contributed by atoms with van der Waals surface area (Å²) in [5.74, 6) is 0.0235. The number of hydrogen-bond acceptors (Lipinski definition) is 5. The van der Waals surface area contributed by atoms with Crippen molar-refractivity contribution in [1.82, 2.24) is 10.3 Å². The van der Waals surface area contributed by atoms with Gasteiger partial charge in [0.05, 0.1) is 0 Å². The van der Waals surface area contributed by atoms with Crippen LogP contribution in [0.3, 0.4) is 0 Å². The first-order chi connectivity index (χ1) is 16.6. The zero-order chi connectivity index (χ0) is 23.8. The van der Waals surface area contributed by atoms with Gasteiger partial charge in [0.1, 0.15) is 0 Å². The number of halogens is 2. The number of pyridine rings is 1. The Morgan fingerprint density at radius 3 is 2.31 bits per heavy atom. The van der Waals surface area contributed by atoms with Crippen molar-refractivity contribution in [3.8, 4) is 0 Å². The molecule has 7 nitrogen and oxygen atoms in total. The molecule has 0 saturated carbocycles. The second-order valence-corrected chi connectivity index (χ2v) is 8.65. The first kappa shape index (κ1) is 26.3.